The van der Waals surface area contributed by atoms with Gasteiger partial charge in [-0.25, -0.2) is 4.79 Å². The standard InChI is InChI=1S/C9H13NO4/c1-5(6(2)9(12)13)8(11)10-7-3-14-4-7/h7H,3-4H2,1-2H3,(H,10,11)(H,12,13)/b6-5-. The number of rotatable bonds is 3. The van der Waals surface area contributed by atoms with Crippen LogP contribution in [-0.2, 0) is 14.3 Å². The monoisotopic (exact) mass is 199 g/mol. The smallest absolute Gasteiger partial charge is 0.331 e. The van der Waals surface area contributed by atoms with Crippen molar-refractivity contribution in [3.05, 3.63) is 11.1 Å². The molecule has 0 aromatic rings. The van der Waals surface area contributed by atoms with Crippen molar-refractivity contribution in [2.75, 3.05) is 13.2 Å². The molecule has 1 aliphatic rings. The maximum absolute atomic E-state index is 11.4. The molecule has 0 aliphatic carbocycles. The van der Waals surface area contributed by atoms with Gasteiger partial charge in [0, 0.05) is 11.1 Å². The summed E-state index contributed by atoms with van der Waals surface area (Å²) >= 11 is 0. The third kappa shape index (κ3) is 2.32. The Labute approximate surface area is 81.7 Å². The lowest BCUT2D eigenvalue weighted by molar-refractivity contribution is -0.133. The highest BCUT2D eigenvalue weighted by Gasteiger charge is 2.22. The SMILES string of the molecule is C/C(C(=O)O)=C(\C)C(=O)NC1COC1. The molecule has 1 rings (SSSR count). The maximum atomic E-state index is 11.4. The fourth-order valence-electron chi connectivity index (χ4n) is 0.943. The van der Waals surface area contributed by atoms with E-state index in [1.54, 1.807) is 0 Å². The summed E-state index contributed by atoms with van der Waals surface area (Å²) in [6, 6.07) is 0.0269. The maximum Gasteiger partial charge on any atom is 0.331 e. The second-order valence-electron chi connectivity index (χ2n) is 3.26. The van der Waals surface area contributed by atoms with E-state index in [9.17, 15) is 9.59 Å². The number of hydrogen-bond donors (Lipinski definition) is 2. The molecule has 0 aromatic carbocycles. The summed E-state index contributed by atoms with van der Waals surface area (Å²) in [6.45, 7) is 3.92. The summed E-state index contributed by atoms with van der Waals surface area (Å²) in [5.74, 6) is -1.40. The van der Waals surface area contributed by atoms with Crippen molar-refractivity contribution in [3.8, 4) is 0 Å². The molecule has 0 atom stereocenters. The van der Waals surface area contributed by atoms with Crippen LogP contribution in [-0.4, -0.2) is 36.2 Å². The first-order valence-corrected chi connectivity index (χ1v) is 4.31. The highest BCUT2D eigenvalue weighted by atomic mass is 16.5. The van der Waals surface area contributed by atoms with Crippen LogP contribution >= 0.6 is 0 Å². The zero-order chi connectivity index (χ0) is 10.7. The molecule has 14 heavy (non-hydrogen) atoms. The number of carbonyl (C=O) groups excluding carboxylic acids is 1. The Hall–Kier alpha value is -1.36. The van der Waals surface area contributed by atoms with Gasteiger partial charge >= 0.3 is 5.97 Å². The average Bonchev–Trinajstić information content (AvgIpc) is 2.08. The molecule has 5 nitrogen and oxygen atoms in total. The molecule has 78 valence electrons. The number of aliphatic carboxylic acids is 1. The van der Waals surface area contributed by atoms with Crippen molar-refractivity contribution in [3.63, 3.8) is 0 Å². The van der Waals surface area contributed by atoms with E-state index in [-0.39, 0.29) is 23.1 Å². The molecule has 0 aromatic heterocycles. The minimum absolute atomic E-state index is 0.0269. The Balaban J connectivity index is 2.58. The van der Waals surface area contributed by atoms with Crippen LogP contribution in [0.2, 0.25) is 0 Å². The number of amides is 1. The first kappa shape index (κ1) is 10.7. The van der Waals surface area contributed by atoms with Crippen molar-refractivity contribution in [2.24, 2.45) is 0 Å². The number of carboxylic acid groups (broad SMARTS) is 1. The Morgan fingerprint density at radius 2 is 1.86 bits per heavy atom. The van der Waals surface area contributed by atoms with Crippen molar-refractivity contribution >= 4 is 11.9 Å². The fraction of sp³-hybridized carbons (Fsp3) is 0.556. The van der Waals surface area contributed by atoms with Crippen molar-refractivity contribution in [1.82, 2.24) is 5.32 Å². The van der Waals surface area contributed by atoms with E-state index in [0.29, 0.717) is 13.2 Å². The third-order valence-electron chi connectivity index (χ3n) is 2.20. The summed E-state index contributed by atoms with van der Waals surface area (Å²) in [5, 5.41) is 11.3. The van der Waals surface area contributed by atoms with E-state index in [0.717, 1.165) is 0 Å². The van der Waals surface area contributed by atoms with Gasteiger partial charge in [0.25, 0.3) is 0 Å². The van der Waals surface area contributed by atoms with E-state index in [2.05, 4.69) is 5.32 Å². The van der Waals surface area contributed by atoms with Crippen molar-refractivity contribution in [2.45, 2.75) is 19.9 Å². The zero-order valence-corrected chi connectivity index (χ0v) is 8.16. The lowest BCUT2D eigenvalue weighted by Crippen LogP contribution is -2.49. The predicted octanol–water partition coefficient (Wildman–Crippen LogP) is -0.0776. The Morgan fingerprint density at radius 1 is 1.29 bits per heavy atom. The molecule has 0 bridgehead atoms. The molecule has 0 radical (unpaired) electrons. The Morgan fingerprint density at radius 3 is 2.21 bits per heavy atom. The molecular formula is C9H13NO4. The zero-order valence-electron chi connectivity index (χ0n) is 8.16. The first-order chi connectivity index (χ1) is 6.52. The summed E-state index contributed by atoms with van der Waals surface area (Å²) in [4.78, 5) is 22.0. The van der Waals surface area contributed by atoms with Gasteiger partial charge in [-0.05, 0) is 13.8 Å². The molecule has 1 saturated heterocycles. The summed E-state index contributed by atoms with van der Waals surface area (Å²) < 4.78 is 4.88. The Kier molecular flexibility index (Phi) is 3.24. The van der Waals surface area contributed by atoms with Gasteiger partial charge in [0.1, 0.15) is 0 Å². The van der Waals surface area contributed by atoms with Crippen LogP contribution in [0.5, 0.6) is 0 Å². The highest BCUT2D eigenvalue weighted by Crippen LogP contribution is 2.06. The van der Waals surface area contributed by atoms with Gasteiger partial charge < -0.3 is 15.2 Å². The van der Waals surface area contributed by atoms with Gasteiger partial charge in [0.2, 0.25) is 5.91 Å². The molecule has 0 unspecified atom stereocenters. The molecule has 1 amide bonds. The van der Waals surface area contributed by atoms with Gasteiger partial charge in [0.05, 0.1) is 19.3 Å². The van der Waals surface area contributed by atoms with Crippen LogP contribution in [0.15, 0.2) is 11.1 Å². The molecule has 1 fully saturated rings. The van der Waals surface area contributed by atoms with Crippen molar-refractivity contribution in [1.29, 1.82) is 0 Å². The summed E-state index contributed by atoms with van der Waals surface area (Å²) in [7, 11) is 0. The summed E-state index contributed by atoms with van der Waals surface area (Å²) in [5.41, 5.74) is 0.312. The molecule has 2 N–H and O–H groups in total. The second-order valence-corrected chi connectivity index (χ2v) is 3.26. The highest BCUT2D eigenvalue weighted by molar-refractivity contribution is 6.01. The lowest BCUT2D eigenvalue weighted by Gasteiger charge is -2.27. The van der Waals surface area contributed by atoms with Crippen LogP contribution in [0, 0.1) is 0 Å². The second kappa shape index (κ2) is 4.23. The van der Waals surface area contributed by atoms with E-state index in [1.807, 2.05) is 0 Å². The van der Waals surface area contributed by atoms with Crippen LogP contribution in [0.3, 0.4) is 0 Å². The van der Waals surface area contributed by atoms with Crippen LogP contribution in [0.1, 0.15) is 13.8 Å². The van der Waals surface area contributed by atoms with E-state index >= 15 is 0 Å². The fourth-order valence-corrected chi connectivity index (χ4v) is 0.943. The number of ether oxygens (including phenoxy) is 1. The topological polar surface area (TPSA) is 75.6 Å². The predicted molar refractivity (Wildman–Crippen MR) is 48.8 cm³/mol. The van der Waals surface area contributed by atoms with Gasteiger partial charge in [0.15, 0.2) is 0 Å². The van der Waals surface area contributed by atoms with E-state index < -0.39 is 5.97 Å². The Bertz CT molecular complexity index is 291. The van der Waals surface area contributed by atoms with Crippen molar-refractivity contribution < 1.29 is 19.4 Å². The first-order valence-electron chi connectivity index (χ1n) is 4.31. The number of hydrogen-bond acceptors (Lipinski definition) is 3. The van der Waals surface area contributed by atoms with Gasteiger partial charge in [-0.3, -0.25) is 4.79 Å². The number of carboxylic acids is 1. The third-order valence-corrected chi connectivity index (χ3v) is 2.20. The van der Waals surface area contributed by atoms with Gasteiger partial charge in [-0.15, -0.1) is 0 Å². The number of carbonyl (C=O) groups is 2. The van der Waals surface area contributed by atoms with Crippen LogP contribution < -0.4 is 5.32 Å². The molecule has 1 aliphatic heterocycles. The van der Waals surface area contributed by atoms with E-state index in [4.69, 9.17) is 9.84 Å². The molecule has 1 heterocycles. The normalized spacial score (nSPS) is 18.1. The number of nitrogens with one attached hydrogen (secondary N) is 1. The average molecular weight is 199 g/mol. The summed E-state index contributed by atoms with van der Waals surface area (Å²) in [6.07, 6.45) is 0. The molecule has 5 heteroatoms. The minimum Gasteiger partial charge on any atom is -0.478 e. The molecular weight excluding hydrogens is 186 g/mol. The quantitative estimate of drug-likeness (QED) is 0.623. The minimum atomic E-state index is -1.07. The van der Waals surface area contributed by atoms with Crippen LogP contribution in [0.4, 0.5) is 0 Å². The van der Waals surface area contributed by atoms with E-state index in [1.165, 1.54) is 13.8 Å². The largest absolute Gasteiger partial charge is 0.478 e. The van der Waals surface area contributed by atoms with Crippen LogP contribution in [0.25, 0.3) is 0 Å². The van der Waals surface area contributed by atoms with Gasteiger partial charge in [-0.2, -0.15) is 0 Å². The lowest BCUT2D eigenvalue weighted by atomic mass is 10.1. The molecule has 0 spiro atoms. The van der Waals surface area contributed by atoms with Gasteiger partial charge in [-0.1, -0.05) is 0 Å². The molecule has 0 saturated carbocycles.